The number of nitrogens with zero attached hydrogens (tertiary/aromatic N) is 4. The predicted octanol–water partition coefficient (Wildman–Crippen LogP) is 22.3. The summed E-state index contributed by atoms with van der Waals surface area (Å²) in [6.07, 6.45) is 3.59. The van der Waals surface area contributed by atoms with E-state index < -0.39 is 11.0 Å². The molecule has 0 aromatic heterocycles. The van der Waals surface area contributed by atoms with E-state index in [1.807, 2.05) is 223 Å². The minimum absolute atomic E-state index is 0.110. The number of amides is 6. The standard InChI is InChI=1S/C26H28Cl2N4O3.C26H30Cl2N4O.C26H31ClN4O/c1-5-21-23(28)15-24(32(34)35)22(6-2)25(21)30-26(33)31(20-13-11-19(29-4)12-14-20)16(3)17-7-9-18(27)10-8-17;1-5-21-23(28)15-24(29)22(6-2)25(21)31-26(33)32(20-13-11-19(30-4)12-14-20)16(3)17-7-9-18(27)10-8-17;1-5-21-23(27)16-24(28)22(6-2)25(21)30-26(32)31(17(3)18-10-8-7-9-11-18)20-14-12-19(29-4)13-15-20/h7-16,29H,5-6H2,1-4H3,(H,30,33);7-16,30H,5-6,29H2,1-4H3,(H,31,33);7-17,29H,5-6,28H2,1-4H3,(H,30,32)/t2*16-;17-/m000/s1. The monoisotopic (exact) mass is 1450 g/mol. The smallest absolute Gasteiger partial charge is 0.326 e. The number of nitro benzene ring substituents is 1. The van der Waals surface area contributed by atoms with Crippen molar-refractivity contribution in [3.8, 4) is 0 Å². The second-order valence-electron chi connectivity index (χ2n) is 23.5. The van der Waals surface area contributed by atoms with Gasteiger partial charge in [-0.05, 0) is 213 Å². The first-order valence-corrected chi connectivity index (χ1v) is 35.2. The van der Waals surface area contributed by atoms with Crippen LogP contribution in [0.4, 0.5) is 82.6 Å². The Kier molecular flexibility index (Phi) is 28.6. The molecule has 0 aliphatic rings. The lowest BCUT2D eigenvalue weighted by Gasteiger charge is -2.31. The number of hydrogen-bond acceptors (Lipinski definition) is 10. The van der Waals surface area contributed by atoms with Crippen molar-refractivity contribution in [2.75, 3.05) is 79.2 Å². The lowest BCUT2D eigenvalue weighted by molar-refractivity contribution is -0.385. The van der Waals surface area contributed by atoms with Crippen LogP contribution in [0, 0.1) is 10.1 Å². The molecule has 9 rings (SSSR count). The Labute approximate surface area is 613 Å². The van der Waals surface area contributed by atoms with Crippen LogP contribution in [0.3, 0.4) is 0 Å². The highest BCUT2D eigenvalue weighted by atomic mass is 35.5. The van der Waals surface area contributed by atoms with Crippen molar-refractivity contribution < 1.29 is 19.3 Å². The molecule has 0 bridgehead atoms. The van der Waals surface area contributed by atoms with Crippen molar-refractivity contribution in [1.29, 1.82) is 0 Å². The normalized spacial score (nSPS) is 11.7. The van der Waals surface area contributed by atoms with Gasteiger partial charge in [0, 0.05) is 92.8 Å². The van der Waals surface area contributed by atoms with Gasteiger partial charge in [-0.25, -0.2) is 14.4 Å². The summed E-state index contributed by atoms with van der Waals surface area (Å²) in [6.45, 7) is 17.7. The molecule has 0 spiro atoms. The molecule has 0 heterocycles. The first-order chi connectivity index (χ1) is 47.9. The summed E-state index contributed by atoms with van der Waals surface area (Å²) in [5.41, 5.74) is 27.9. The number of nitrogen functional groups attached to an aromatic ring is 2. The molecule has 6 amide bonds. The first-order valence-electron chi connectivity index (χ1n) is 33.3. The van der Waals surface area contributed by atoms with Gasteiger partial charge in [0.05, 0.1) is 50.7 Å². The summed E-state index contributed by atoms with van der Waals surface area (Å²) in [7, 11) is 5.55. The minimum atomic E-state index is -0.468. The molecule has 0 aliphatic heterocycles. The molecule has 100 heavy (non-hydrogen) atoms. The maximum absolute atomic E-state index is 13.8. The van der Waals surface area contributed by atoms with E-state index in [1.165, 1.54) is 6.07 Å². The highest BCUT2D eigenvalue weighted by Gasteiger charge is 2.31. The van der Waals surface area contributed by atoms with Crippen LogP contribution in [0.2, 0.25) is 25.1 Å². The fourth-order valence-electron chi connectivity index (χ4n) is 12.1. The molecule has 3 atom stereocenters. The van der Waals surface area contributed by atoms with Crippen molar-refractivity contribution in [2.24, 2.45) is 0 Å². The lowest BCUT2D eigenvalue weighted by Crippen LogP contribution is -2.37. The van der Waals surface area contributed by atoms with Gasteiger partial charge in [0.1, 0.15) is 0 Å². The molecule has 0 fully saturated rings. The second kappa shape index (κ2) is 36.6. The van der Waals surface area contributed by atoms with E-state index >= 15 is 0 Å². The molecule has 0 radical (unpaired) electrons. The average Bonchev–Trinajstić information content (AvgIpc) is 0.798. The van der Waals surface area contributed by atoms with Gasteiger partial charge >= 0.3 is 18.1 Å². The minimum Gasteiger partial charge on any atom is -0.398 e. The number of rotatable bonds is 22. The summed E-state index contributed by atoms with van der Waals surface area (Å²) in [5.74, 6) is 0. The third-order valence-corrected chi connectivity index (χ3v) is 19.1. The maximum atomic E-state index is 13.8. The Balaban J connectivity index is 0.000000211. The SMILES string of the molecule is CCc1c(Cl)cc([N+](=O)[O-])c(CC)c1NC(=O)N(c1ccc(NC)cc1)[C@@H](C)c1ccc(Cl)cc1.CCc1c(N)cc(Cl)c(CC)c1NC(=O)N(c1ccc(NC)cc1)[C@@H](C)c1ccc(Cl)cc1.CCc1c(N)cc(Cl)c(CC)c1NC(=O)N(c1ccc(NC)cc1)[C@@H](C)c1ccccc1. The van der Waals surface area contributed by atoms with Crippen molar-refractivity contribution in [3.05, 3.63) is 255 Å². The van der Waals surface area contributed by atoms with Crippen LogP contribution in [0.25, 0.3) is 0 Å². The van der Waals surface area contributed by atoms with E-state index in [-0.39, 0.29) is 40.9 Å². The van der Waals surface area contributed by atoms with E-state index in [2.05, 4.69) is 31.9 Å². The van der Waals surface area contributed by atoms with Gasteiger partial charge in [-0.15, -0.1) is 0 Å². The van der Waals surface area contributed by atoms with Gasteiger partial charge in [-0.3, -0.25) is 24.8 Å². The molecule has 22 heteroatoms. The number of carbonyl (C=O) groups excluding carboxylic acids is 3. The number of nitrogens with one attached hydrogen (secondary N) is 6. The van der Waals surface area contributed by atoms with Crippen LogP contribution >= 0.6 is 58.0 Å². The summed E-state index contributed by atoms with van der Waals surface area (Å²) < 4.78 is 0. The van der Waals surface area contributed by atoms with Gasteiger partial charge in [0.25, 0.3) is 5.69 Å². The zero-order valence-electron chi connectivity index (χ0n) is 58.5. The third kappa shape index (κ3) is 18.7. The molecule has 0 saturated carbocycles. The summed E-state index contributed by atoms with van der Waals surface area (Å²) in [5, 5.41) is 32.9. The summed E-state index contributed by atoms with van der Waals surface area (Å²) in [6, 6.07) is 50.9. The Bertz CT molecular complexity index is 4210. The number of urea groups is 3. The van der Waals surface area contributed by atoms with Crippen LogP contribution in [0.15, 0.2) is 170 Å². The van der Waals surface area contributed by atoms with Gasteiger partial charge in [0.2, 0.25) is 0 Å². The highest BCUT2D eigenvalue weighted by molar-refractivity contribution is 6.33. The largest absolute Gasteiger partial charge is 0.398 e. The van der Waals surface area contributed by atoms with E-state index in [9.17, 15) is 24.5 Å². The van der Waals surface area contributed by atoms with Gasteiger partial charge < -0.3 is 43.4 Å². The molecule has 10 N–H and O–H groups in total. The van der Waals surface area contributed by atoms with Crippen LogP contribution in [0.5, 0.6) is 0 Å². The molecule has 17 nitrogen and oxygen atoms in total. The molecule has 0 aliphatic carbocycles. The molecule has 0 unspecified atom stereocenters. The number of benzene rings is 9. The van der Waals surface area contributed by atoms with Gasteiger partial charge in [-0.1, -0.05) is 154 Å². The summed E-state index contributed by atoms with van der Waals surface area (Å²) >= 11 is 31.5. The van der Waals surface area contributed by atoms with Crippen molar-refractivity contribution in [3.63, 3.8) is 0 Å². The van der Waals surface area contributed by atoms with E-state index in [1.54, 1.807) is 39.0 Å². The molecular formula is C78H89Cl5N12O5. The Morgan fingerprint density at radius 2 is 0.670 bits per heavy atom. The topological polar surface area (TPSA) is 228 Å². The predicted molar refractivity (Wildman–Crippen MR) is 423 cm³/mol. The zero-order valence-corrected chi connectivity index (χ0v) is 62.3. The first kappa shape index (κ1) is 78.0. The Morgan fingerprint density at radius 3 is 0.940 bits per heavy atom. The number of nitrogens with two attached hydrogens (primary N) is 2. The number of halogens is 5. The molecule has 526 valence electrons. The highest BCUT2D eigenvalue weighted by Crippen LogP contribution is 2.41. The number of hydrogen-bond donors (Lipinski definition) is 8. The van der Waals surface area contributed by atoms with E-state index in [0.717, 1.165) is 67.4 Å². The second-order valence-corrected chi connectivity index (χ2v) is 25.6. The van der Waals surface area contributed by atoms with Crippen molar-refractivity contribution in [2.45, 2.75) is 119 Å². The lowest BCUT2D eigenvalue weighted by atomic mass is 10.0. The maximum Gasteiger partial charge on any atom is 0.326 e. The molecule has 9 aromatic carbocycles. The van der Waals surface area contributed by atoms with Crippen LogP contribution in [-0.4, -0.2) is 44.2 Å². The van der Waals surface area contributed by atoms with Crippen molar-refractivity contribution in [1.82, 2.24) is 0 Å². The van der Waals surface area contributed by atoms with Gasteiger partial charge in [-0.2, -0.15) is 0 Å². The Morgan fingerprint density at radius 1 is 0.400 bits per heavy atom. The van der Waals surface area contributed by atoms with E-state index in [4.69, 9.17) is 69.5 Å². The van der Waals surface area contributed by atoms with Crippen LogP contribution < -0.4 is 58.1 Å². The number of nitro groups is 1. The molecular weight excluding hydrogens is 1360 g/mol. The fraction of sp³-hybridized carbons (Fsp3) is 0.269. The molecule has 0 saturated heterocycles. The van der Waals surface area contributed by atoms with Crippen LogP contribution in [-0.2, 0) is 38.5 Å². The van der Waals surface area contributed by atoms with Crippen molar-refractivity contribution >= 4 is 144 Å². The summed E-state index contributed by atoms with van der Waals surface area (Å²) in [4.78, 5) is 57.8. The van der Waals surface area contributed by atoms with Gasteiger partial charge in [0.15, 0.2) is 0 Å². The van der Waals surface area contributed by atoms with E-state index in [0.29, 0.717) is 104 Å². The quantitative estimate of drug-likeness (QED) is 0.0182. The third-order valence-electron chi connectivity index (χ3n) is 17.6. The molecule has 9 aromatic rings. The number of anilines is 11. The average molecular weight is 1450 g/mol. The Hall–Kier alpha value is -9.36. The fourth-order valence-corrected chi connectivity index (χ4v) is 13.4. The van der Waals surface area contributed by atoms with Crippen LogP contribution in [0.1, 0.15) is 131 Å². The zero-order chi connectivity index (χ0) is 73.1. The number of carbonyl (C=O) groups is 3.